The lowest BCUT2D eigenvalue weighted by Gasteiger charge is -2.44. The number of nitrogens with zero attached hydrogens (tertiary/aromatic N) is 4. The first-order valence-corrected chi connectivity index (χ1v) is 7.67. The van der Waals surface area contributed by atoms with E-state index in [9.17, 15) is 9.59 Å². The molecular formula is C15H17N5O3. The van der Waals surface area contributed by atoms with E-state index in [2.05, 4.69) is 15.2 Å². The zero-order chi connectivity index (χ0) is 16.0. The summed E-state index contributed by atoms with van der Waals surface area (Å²) in [5.41, 5.74) is 0.564. The van der Waals surface area contributed by atoms with Crippen LogP contribution in [0.4, 0.5) is 4.79 Å². The molecule has 23 heavy (non-hydrogen) atoms. The third-order valence-electron chi connectivity index (χ3n) is 4.80. The molecule has 2 aromatic heterocycles. The smallest absolute Gasteiger partial charge is 0.410 e. The molecule has 1 atom stereocenters. The maximum Gasteiger partial charge on any atom is 0.410 e. The molecule has 2 aliphatic rings. The number of rotatable bonds is 2. The molecule has 2 fully saturated rings. The Kier molecular flexibility index (Phi) is 3.00. The molecule has 0 saturated carbocycles. The largest absolute Gasteiger partial charge is 0.447 e. The Morgan fingerprint density at radius 3 is 3.13 bits per heavy atom. The van der Waals surface area contributed by atoms with Crippen LogP contribution in [0.25, 0.3) is 11.0 Å². The van der Waals surface area contributed by atoms with Crippen LogP contribution in [0.2, 0.25) is 0 Å². The minimum absolute atomic E-state index is 0.131. The standard InChI is InChI=1S/C15H17N5O3/c1-2-15-8-19(5-6-20(15)14(22)23-9-15)13(21)11-4-3-10-7-16-18-12(10)17-11/h3-4,7H,2,5-6,8-9H2,1H3,(H,16,17,18). The topological polar surface area (TPSA) is 91.4 Å². The van der Waals surface area contributed by atoms with Gasteiger partial charge in [0, 0.05) is 25.0 Å². The Balaban J connectivity index is 1.60. The van der Waals surface area contributed by atoms with Crippen molar-refractivity contribution < 1.29 is 14.3 Å². The number of hydrogen-bond acceptors (Lipinski definition) is 5. The lowest BCUT2D eigenvalue weighted by molar-refractivity contribution is 0.0357. The highest BCUT2D eigenvalue weighted by Gasteiger charge is 2.50. The quantitative estimate of drug-likeness (QED) is 0.893. The van der Waals surface area contributed by atoms with Crippen molar-refractivity contribution in [3.05, 3.63) is 24.0 Å². The van der Waals surface area contributed by atoms with Crippen LogP contribution in [0, 0.1) is 0 Å². The summed E-state index contributed by atoms with van der Waals surface area (Å²) in [5.74, 6) is -0.131. The minimum atomic E-state index is -0.414. The third-order valence-corrected chi connectivity index (χ3v) is 4.80. The lowest BCUT2D eigenvalue weighted by Crippen LogP contribution is -2.62. The monoisotopic (exact) mass is 315 g/mol. The van der Waals surface area contributed by atoms with Gasteiger partial charge in [-0.25, -0.2) is 9.78 Å². The van der Waals surface area contributed by atoms with Gasteiger partial charge in [0.2, 0.25) is 0 Å². The molecule has 4 rings (SSSR count). The number of fused-ring (bicyclic) bond motifs is 2. The Labute approximate surface area is 132 Å². The number of amides is 2. The van der Waals surface area contributed by atoms with Crippen LogP contribution in [0.3, 0.4) is 0 Å². The van der Waals surface area contributed by atoms with Gasteiger partial charge in [-0.2, -0.15) is 5.10 Å². The molecule has 2 aliphatic heterocycles. The molecule has 120 valence electrons. The van der Waals surface area contributed by atoms with Crippen molar-refractivity contribution in [1.29, 1.82) is 0 Å². The second-order valence-corrected chi connectivity index (χ2v) is 6.02. The number of pyridine rings is 1. The Hall–Kier alpha value is -2.64. The van der Waals surface area contributed by atoms with Crippen LogP contribution in [0.5, 0.6) is 0 Å². The van der Waals surface area contributed by atoms with Crippen LogP contribution < -0.4 is 0 Å². The summed E-state index contributed by atoms with van der Waals surface area (Å²) in [6.45, 7) is 3.79. The molecular weight excluding hydrogens is 298 g/mol. The molecule has 8 heteroatoms. The lowest BCUT2D eigenvalue weighted by atomic mass is 9.92. The van der Waals surface area contributed by atoms with Gasteiger partial charge in [-0.1, -0.05) is 6.92 Å². The zero-order valence-electron chi connectivity index (χ0n) is 12.8. The number of piperazine rings is 1. The fourth-order valence-corrected chi connectivity index (χ4v) is 3.35. The van der Waals surface area contributed by atoms with Crippen molar-refractivity contribution in [3.63, 3.8) is 0 Å². The maximum atomic E-state index is 12.8. The van der Waals surface area contributed by atoms with Gasteiger partial charge in [-0.3, -0.25) is 14.8 Å². The summed E-state index contributed by atoms with van der Waals surface area (Å²) in [5, 5.41) is 7.56. The number of nitrogens with one attached hydrogen (secondary N) is 1. The SMILES string of the molecule is CCC12COC(=O)N1CCN(C(=O)c1ccc3cn[nH]c3n1)C2. The van der Waals surface area contributed by atoms with Gasteiger partial charge in [-0.05, 0) is 18.6 Å². The van der Waals surface area contributed by atoms with Gasteiger partial charge in [0.15, 0.2) is 5.65 Å². The van der Waals surface area contributed by atoms with Crippen molar-refractivity contribution in [3.8, 4) is 0 Å². The molecule has 1 N–H and O–H groups in total. The van der Waals surface area contributed by atoms with Crippen LogP contribution in [0.1, 0.15) is 23.8 Å². The number of carbonyl (C=O) groups excluding carboxylic acids is 2. The fraction of sp³-hybridized carbons (Fsp3) is 0.467. The fourth-order valence-electron chi connectivity index (χ4n) is 3.35. The summed E-state index contributed by atoms with van der Waals surface area (Å²) in [6.07, 6.45) is 2.13. The van der Waals surface area contributed by atoms with E-state index in [0.717, 1.165) is 11.8 Å². The van der Waals surface area contributed by atoms with Crippen molar-refractivity contribution in [1.82, 2.24) is 25.0 Å². The van der Waals surface area contributed by atoms with Gasteiger partial charge in [-0.15, -0.1) is 0 Å². The first kappa shape index (κ1) is 14.0. The number of H-pyrrole nitrogens is 1. The normalized spacial score (nSPS) is 24.0. The number of carbonyl (C=O) groups is 2. The average molecular weight is 315 g/mol. The van der Waals surface area contributed by atoms with E-state index >= 15 is 0 Å². The van der Waals surface area contributed by atoms with Crippen molar-refractivity contribution in [2.75, 3.05) is 26.2 Å². The summed E-state index contributed by atoms with van der Waals surface area (Å²) in [6, 6.07) is 3.54. The zero-order valence-corrected chi connectivity index (χ0v) is 12.8. The summed E-state index contributed by atoms with van der Waals surface area (Å²) < 4.78 is 5.20. The Morgan fingerprint density at radius 2 is 2.30 bits per heavy atom. The van der Waals surface area contributed by atoms with Crippen molar-refractivity contribution in [2.45, 2.75) is 18.9 Å². The Morgan fingerprint density at radius 1 is 1.43 bits per heavy atom. The van der Waals surface area contributed by atoms with E-state index in [0.29, 0.717) is 37.6 Å². The maximum absolute atomic E-state index is 12.8. The first-order chi connectivity index (χ1) is 11.1. The molecule has 0 spiro atoms. The van der Waals surface area contributed by atoms with Crippen LogP contribution >= 0.6 is 0 Å². The molecule has 8 nitrogen and oxygen atoms in total. The second-order valence-electron chi connectivity index (χ2n) is 6.02. The predicted octanol–water partition coefficient (Wildman–Crippen LogP) is 1.01. The van der Waals surface area contributed by atoms with Gasteiger partial charge >= 0.3 is 6.09 Å². The molecule has 0 aromatic carbocycles. The number of aromatic nitrogens is 3. The minimum Gasteiger partial charge on any atom is -0.447 e. The average Bonchev–Trinajstić information content (AvgIpc) is 3.18. The van der Waals surface area contributed by atoms with E-state index in [-0.39, 0.29) is 12.0 Å². The molecule has 0 radical (unpaired) electrons. The predicted molar refractivity (Wildman–Crippen MR) is 80.9 cm³/mol. The second kappa shape index (κ2) is 4.94. The van der Waals surface area contributed by atoms with Gasteiger partial charge < -0.3 is 9.64 Å². The highest BCUT2D eigenvalue weighted by atomic mass is 16.6. The highest BCUT2D eigenvalue weighted by Crippen LogP contribution is 2.32. The molecule has 2 amide bonds. The van der Waals surface area contributed by atoms with E-state index < -0.39 is 5.54 Å². The van der Waals surface area contributed by atoms with E-state index in [4.69, 9.17) is 4.74 Å². The molecule has 0 aliphatic carbocycles. The van der Waals surface area contributed by atoms with Gasteiger partial charge in [0.1, 0.15) is 12.3 Å². The number of hydrogen-bond donors (Lipinski definition) is 1. The molecule has 4 heterocycles. The molecule has 2 saturated heterocycles. The third kappa shape index (κ3) is 2.05. The molecule has 1 unspecified atom stereocenters. The van der Waals surface area contributed by atoms with Crippen molar-refractivity contribution in [2.24, 2.45) is 0 Å². The van der Waals surface area contributed by atoms with Crippen molar-refractivity contribution >= 4 is 23.0 Å². The van der Waals surface area contributed by atoms with E-state index in [1.54, 1.807) is 22.1 Å². The Bertz CT molecular complexity index is 788. The van der Waals surface area contributed by atoms with Gasteiger partial charge in [0.25, 0.3) is 5.91 Å². The summed E-state index contributed by atoms with van der Waals surface area (Å²) >= 11 is 0. The number of aromatic amines is 1. The molecule has 2 aromatic rings. The molecule has 0 bridgehead atoms. The number of ether oxygens (including phenoxy) is 1. The van der Waals surface area contributed by atoms with Crippen LogP contribution in [0.15, 0.2) is 18.3 Å². The van der Waals surface area contributed by atoms with Crippen LogP contribution in [-0.2, 0) is 4.74 Å². The summed E-state index contributed by atoms with van der Waals surface area (Å²) in [7, 11) is 0. The first-order valence-electron chi connectivity index (χ1n) is 7.67. The van der Waals surface area contributed by atoms with E-state index in [1.807, 2.05) is 13.0 Å². The van der Waals surface area contributed by atoms with E-state index in [1.165, 1.54) is 0 Å². The highest BCUT2D eigenvalue weighted by molar-refractivity contribution is 5.94. The van der Waals surface area contributed by atoms with Crippen LogP contribution in [-0.4, -0.2) is 68.8 Å². The van der Waals surface area contributed by atoms with Gasteiger partial charge in [0.05, 0.1) is 11.7 Å². The summed E-state index contributed by atoms with van der Waals surface area (Å²) in [4.78, 5) is 32.4. The number of cyclic esters (lactones) is 1.